The van der Waals surface area contributed by atoms with Gasteiger partial charge in [0, 0.05) is 5.56 Å². The Hall–Kier alpha value is -3.10. The maximum Gasteiger partial charge on any atom is 0.326 e. The molecule has 158 valence electrons. The molecule has 9 heteroatoms. The molecule has 1 N–H and O–H groups in total. The highest BCUT2D eigenvalue weighted by atomic mass is 16.5. The number of imide groups is 1. The molecule has 1 fully saturated rings. The van der Waals surface area contributed by atoms with Gasteiger partial charge in [-0.25, -0.2) is 4.79 Å². The molecule has 1 heterocycles. The third-order valence-electron chi connectivity index (χ3n) is 4.73. The highest BCUT2D eigenvalue weighted by Crippen LogP contribution is 2.28. The van der Waals surface area contributed by atoms with Gasteiger partial charge in [0.25, 0.3) is 5.91 Å². The summed E-state index contributed by atoms with van der Waals surface area (Å²) >= 11 is 0. The summed E-state index contributed by atoms with van der Waals surface area (Å²) in [6.45, 7) is 2.54. The predicted molar refractivity (Wildman–Crippen MR) is 103 cm³/mol. The standard InChI is InChI=1S/C20H26N2O7/c1-5-6-9-20(2)18(25)22(19(26)21-20)11-17(24)29-12-14(23)13-7-8-15(27-3)16(10-13)28-4/h7-8,10H,5-6,9,11-12H2,1-4H3,(H,21,26)/t20-/m1/s1. The van der Waals surface area contributed by atoms with E-state index in [1.807, 2.05) is 6.92 Å². The van der Waals surface area contributed by atoms with Crippen molar-refractivity contribution >= 4 is 23.7 Å². The number of ketones is 1. The molecule has 0 radical (unpaired) electrons. The molecule has 0 bridgehead atoms. The van der Waals surface area contributed by atoms with E-state index in [4.69, 9.17) is 14.2 Å². The minimum atomic E-state index is -1.02. The zero-order valence-electron chi connectivity index (χ0n) is 17.1. The molecule has 1 saturated heterocycles. The Morgan fingerprint density at radius 1 is 1.14 bits per heavy atom. The smallest absolute Gasteiger partial charge is 0.326 e. The largest absolute Gasteiger partial charge is 0.493 e. The number of amides is 3. The number of esters is 1. The molecule has 0 aromatic heterocycles. The van der Waals surface area contributed by atoms with Crippen molar-refractivity contribution in [1.82, 2.24) is 10.2 Å². The maximum atomic E-state index is 12.5. The van der Waals surface area contributed by atoms with E-state index in [0.717, 1.165) is 17.7 Å². The molecule has 1 aliphatic rings. The van der Waals surface area contributed by atoms with Crippen LogP contribution in [0.2, 0.25) is 0 Å². The molecular weight excluding hydrogens is 380 g/mol. The number of urea groups is 1. The van der Waals surface area contributed by atoms with Crippen LogP contribution in [0.3, 0.4) is 0 Å². The Morgan fingerprint density at radius 3 is 2.45 bits per heavy atom. The van der Waals surface area contributed by atoms with E-state index < -0.39 is 42.4 Å². The average Bonchev–Trinajstić information content (AvgIpc) is 2.93. The number of unbranched alkanes of at least 4 members (excludes halogenated alkanes) is 1. The lowest BCUT2D eigenvalue weighted by Gasteiger charge is -2.21. The summed E-state index contributed by atoms with van der Waals surface area (Å²) in [5.74, 6) is -0.938. The second-order valence-electron chi connectivity index (χ2n) is 6.91. The van der Waals surface area contributed by atoms with Crippen molar-refractivity contribution in [2.45, 2.75) is 38.6 Å². The molecule has 3 amide bonds. The summed E-state index contributed by atoms with van der Waals surface area (Å²) < 4.78 is 15.2. The lowest BCUT2D eigenvalue weighted by Crippen LogP contribution is -2.44. The van der Waals surface area contributed by atoms with E-state index in [1.165, 1.54) is 26.4 Å². The summed E-state index contributed by atoms with van der Waals surface area (Å²) in [5, 5.41) is 2.62. The number of Topliss-reactive ketones (excluding diaryl/α,β-unsaturated/α-hetero) is 1. The van der Waals surface area contributed by atoms with Gasteiger partial charge in [0.05, 0.1) is 14.2 Å². The van der Waals surface area contributed by atoms with Gasteiger partial charge in [0.2, 0.25) is 0 Å². The third kappa shape index (κ3) is 5.04. The number of benzene rings is 1. The zero-order chi connectivity index (χ0) is 21.6. The normalized spacial score (nSPS) is 18.4. The van der Waals surface area contributed by atoms with E-state index >= 15 is 0 Å². The first-order valence-corrected chi connectivity index (χ1v) is 9.30. The number of ether oxygens (including phenoxy) is 3. The molecule has 29 heavy (non-hydrogen) atoms. The quantitative estimate of drug-likeness (QED) is 0.359. The maximum absolute atomic E-state index is 12.5. The van der Waals surface area contributed by atoms with Gasteiger partial charge in [0.15, 0.2) is 23.9 Å². The van der Waals surface area contributed by atoms with Crippen LogP contribution in [0.15, 0.2) is 18.2 Å². The highest BCUT2D eigenvalue weighted by molar-refractivity contribution is 6.08. The van der Waals surface area contributed by atoms with Crippen molar-refractivity contribution in [2.75, 3.05) is 27.4 Å². The zero-order valence-corrected chi connectivity index (χ0v) is 17.1. The fourth-order valence-electron chi connectivity index (χ4n) is 3.00. The number of hydrogen-bond acceptors (Lipinski definition) is 7. The van der Waals surface area contributed by atoms with Crippen molar-refractivity contribution in [2.24, 2.45) is 0 Å². The lowest BCUT2D eigenvalue weighted by atomic mass is 9.95. The number of hydrogen-bond donors (Lipinski definition) is 1. The van der Waals surface area contributed by atoms with Crippen LogP contribution in [0.1, 0.15) is 43.5 Å². The van der Waals surface area contributed by atoms with E-state index in [0.29, 0.717) is 17.9 Å². The summed E-state index contributed by atoms with van der Waals surface area (Å²) in [7, 11) is 2.92. The van der Waals surface area contributed by atoms with Gasteiger partial charge in [0.1, 0.15) is 12.1 Å². The monoisotopic (exact) mass is 406 g/mol. The number of rotatable bonds is 10. The van der Waals surface area contributed by atoms with Crippen LogP contribution in [0.25, 0.3) is 0 Å². The van der Waals surface area contributed by atoms with E-state index in [1.54, 1.807) is 13.0 Å². The number of nitrogens with one attached hydrogen (secondary N) is 1. The molecule has 0 spiro atoms. The van der Waals surface area contributed by atoms with E-state index in [9.17, 15) is 19.2 Å². The first-order valence-electron chi connectivity index (χ1n) is 9.30. The van der Waals surface area contributed by atoms with Crippen molar-refractivity contribution < 1.29 is 33.4 Å². The first-order chi connectivity index (χ1) is 13.8. The molecule has 1 aromatic carbocycles. The Balaban J connectivity index is 1.93. The molecule has 1 aromatic rings. The number of methoxy groups -OCH3 is 2. The van der Waals surface area contributed by atoms with Gasteiger partial charge >= 0.3 is 12.0 Å². The topological polar surface area (TPSA) is 111 Å². The predicted octanol–water partition coefficient (Wildman–Crippen LogP) is 1.93. The highest BCUT2D eigenvalue weighted by Gasteiger charge is 2.47. The summed E-state index contributed by atoms with van der Waals surface area (Å²) in [6, 6.07) is 3.93. The molecule has 2 rings (SSSR count). The van der Waals surface area contributed by atoms with Crippen LogP contribution in [-0.2, 0) is 14.3 Å². The van der Waals surface area contributed by atoms with Crippen molar-refractivity contribution in [3.63, 3.8) is 0 Å². The number of carbonyl (C=O) groups is 4. The van der Waals surface area contributed by atoms with Crippen molar-refractivity contribution in [1.29, 1.82) is 0 Å². The summed E-state index contributed by atoms with van der Waals surface area (Å²) in [5.41, 5.74) is -0.749. The van der Waals surface area contributed by atoms with Gasteiger partial charge in [-0.1, -0.05) is 19.8 Å². The van der Waals surface area contributed by atoms with Gasteiger partial charge in [-0.2, -0.15) is 0 Å². The third-order valence-corrected chi connectivity index (χ3v) is 4.73. The summed E-state index contributed by atoms with van der Waals surface area (Å²) in [4.78, 5) is 49.8. The number of nitrogens with zero attached hydrogens (tertiary/aromatic N) is 1. The SMILES string of the molecule is CCCC[C@@]1(C)NC(=O)N(CC(=O)OCC(=O)c2ccc(OC)c(OC)c2)C1=O. The molecule has 0 unspecified atom stereocenters. The molecular formula is C20H26N2O7. The van der Waals surface area contributed by atoms with Crippen LogP contribution in [0.4, 0.5) is 4.79 Å². The second kappa shape index (κ2) is 9.40. The molecule has 0 saturated carbocycles. The van der Waals surface area contributed by atoms with Gasteiger partial charge in [-0.15, -0.1) is 0 Å². The minimum Gasteiger partial charge on any atom is -0.493 e. The molecule has 0 aliphatic carbocycles. The van der Waals surface area contributed by atoms with Crippen LogP contribution in [0, 0.1) is 0 Å². The Bertz CT molecular complexity index is 808. The Kier molecular flexibility index (Phi) is 7.19. The van der Waals surface area contributed by atoms with Crippen LogP contribution < -0.4 is 14.8 Å². The van der Waals surface area contributed by atoms with E-state index in [-0.39, 0.29) is 5.56 Å². The minimum absolute atomic E-state index is 0.276. The number of carbonyl (C=O) groups excluding carboxylic acids is 4. The summed E-state index contributed by atoms with van der Waals surface area (Å²) in [6.07, 6.45) is 2.12. The van der Waals surface area contributed by atoms with Gasteiger partial charge < -0.3 is 19.5 Å². The Morgan fingerprint density at radius 2 is 1.83 bits per heavy atom. The van der Waals surface area contributed by atoms with Crippen LogP contribution in [0.5, 0.6) is 11.5 Å². The second-order valence-corrected chi connectivity index (χ2v) is 6.91. The van der Waals surface area contributed by atoms with Gasteiger partial charge in [-0.3, -0.25) is 19.3 Å². The first kappa shape index (κ1) is 22.2. The Labute approximate surface area is 169 Å². The van der Waals surface area contributed by atoms with E-state index in [2.05, 4.69) is 5.32 Å². The van der Waals surface area contributed by atoms with Crippen LogP contribution in [-0.4, -0.2) is 61.5 Å². The van der Waals surface area contributed by atoms with Crippen LogP contribution >= 0.6 is 0 Å². The fraction of sp³-hybridized carbons (Fsp3) is 0.500. The average molecular weight is 406 g/mol. The lowest BCUT2D eigenvalue weighted by molar-refractivity contribution is -0.146. The molecule has 1 atom stereocenters. The van der Waals surface area contributed by atoms with Gasteiger partial charge in [-0.05, 0) is 31.5 Å². The van der Waals surface area contributed by atoms with Crippen molar-refractivity contribution in [3.05, 3.63) is 23.8 Å². The molecule has 1 aliphatic heterocycles. The fourth-order valence-corrected chi connectivity index (χ4v) is 3.00. The van der Waals surface area contributed by atoms with Crippen molar-refractivity contribution in [3.8, 4) is 11.5 Å². The molecule has 9 nitrogen and oxygen atoms in total.